The highest BCUT2D eigenvalue weighted by molar-refractivity contribution is 14.0. The number of hydrogen-bond acceptors (Lipinski definition) is 5. The number of guanidine groups is 1. The zero-order valence-electron chi connectivity index (χ0n) is 18.8. The van der Waals surface area contributed by atoms with Crippen LogP contribution in [0.15, 0.2) is 46.0 Å². The average molecular weight is 530 g/mol. The molecule has 2 unspecified atom stereocenters. The van der Waals surface area contributed by atoms with Crippen molar-refractivity contribution < 1.29 is 13.9 Å². The standard InChI is InChI=1S/C22H34N4O3.HI/c1-7-27-20-12-11-17(14-21(20)28-8-2)16(3)25-22(23-4)24-15-18(26(5)6)19-10-9-13-29-19;/h9-14,16,18H,7-8,15H2,1-6H3,(H2,23,24,25);1H. The van der Waals surface area contributed by atoms with Crippen molar-refractivity contribution in [3.05, 3.63) is 47.9 Å². The predicted molar refractivity (Wildman–Crippen MR) is 132 cm³/mol. The monoisotopic (exact) mass is 530 g/mol. The van der Waals surface area contributed by atoms with E-state index >= 15 is 0 Å². The number of hydrogen-bond donors (Lipinski definition) is 2. The van der Waals surface area contributed by atoms with Gasteiger partial charge >= 0.3 is 0 Å². The van der Waals surface area contributed by atoms with Crippen molar-refractivity contribution in [2.45, 2.75) is 32.9 Å². The molecule has 7 nitrogen and oxygen atoms in total. The smallest absolute Gasteiger partial charge is 0.191 e. The van der Waals surface area contributed by atoms with Gasteiger partial charge in [0, 0.05) is 13.6 Å². The number of likely N-dealkylation sites (N-methyl/N-ethyl adjacent to an activating group) is 1. The van der Waals surface area contributed by atoms with Crippen LogP contribution < -0.4 is 20.1 Å². The molecule has 0 bridgehead atoms. The molecule has 2 rings (SSSR count). The second-order valence-corrected chi connectivity index (χ2v) is 6.89. The molecule has 0 aliphatic heterocycles. The van der Waals surface area contributed by atoms with Crippen LogP contribution in [0.3, 0.4) is 0 Å². The van der Waals surface area contributed by atoms with E-state index in [4.69, 9.17) is 13.9 Å². The minimum absolute atomic E-state index is 0. The molecular formula is C22H35IN4O3. The Labute approximate surface area is 197 Å². The van der Waals surface area contributed by atoms with Gasteiger partial charge in [0.1, 0.15) is 5.76 Å². The van der Waals surface area contributed by atoms with Gasteiger partial charge in [-0.05, 0) is 64.7 Å². The average Bonchev–Trinajstić information content (AvgIpc) is 3.23. The van der Waals surface area contributed by atoms with Crippen molar-refractivity contribution in [2.75, 3.05) is 40.9 Å². The SMILES string of the molecule is CCOc1ccc(C(C)NC(=NC)NCC(c2ccco2)N(C)C)cc1OCC.I. The molecule has 0 radical (unpaired) electrons. The van der Waals surface area contributed by atoms with Crippen LogP contribution in [0, 0.1) is 0 Å². The van der Waals surface area contributed by atoms with Gasteiger partial charge in [-0.25, -0.2) is 0 Å². The van der Waals surface area contributed by atoms with Crippen molar-refractivity contribution in [1.29, 1.82) is 0 Å². The van der Waals surface area contributed by atoms with Gasteiger partial charge in [0.15, 0.2) is 17.5 Å². The molecule has 0 spiro atoms. The number of furan rings is 1. The fourth-order valence-corrected chi connectivity index (χ4v) is 3.03. The van der Waals surface area contributed by atoms with Crippen LogP contribution in [0.1, 0.15) is 44.2 Å². The molecule has 2 aromatic rings. The lowest BCUT2D eigenvalue weighted by Gasteiger charge is -2.25. The normalized spacial score (nSPS) is 13.4. The van der Waals surface area contributed by atoms with Crippen LogP contribution >= 0.6 is 24.0 Å². The number of ether oxygens (including phenoxy) is 2. The minimum atomic E-state index is 0. The molecular weight excluding hydrogens is 495 g/mol. The van der Waals surface area contributed by atoms with Gasteiger partial charge in [-0.15, -0.1) is 24.0 Å². The highest BCUT2D eigenvalue weighted by Gasteiger charge is 2.18. The van der Waals surface area contributed by atoms with Crippen molar-refractivity contribution in [1.82, 2.24) is 15.5 Å². The Balaban J connectivity index is 0.00000450. The van der Waals surface area contributed by atoms with Gasteiger partial charge in [0.25, 0.3) is 0 Å². The van der Waals surface area contributed by atoms with Crippen molar-refractivity contribution in [2.24, 2.45) is 4.99 Å². The summed E-state index contributed by atoms with van der Waals surface area (Å²) in [5.74, 6) is 3.16. The van der Waals surface area contributed by atoms with Crippen LogP contribution in [-0.4, -0.2) is 51.8 Å². The van der Waals surface area contributed by atoms with Gasteiger partial charge in [-0.3, -0.25) is 9.89 Å². The number of halogens is 1. The van der Waals surface area contributed by atoms with Crippen molar-refractivity contribution in [3.8, 4) is 11.5 Å². The molecule has 1 aromatic carbocycles. The maximum atomic E-state index is 5.74. The number of rotatable bonds is 10. The van der Waals surface area contributed by atoms with Gasteiger partial charge in [-0.1, -0.05) is 6.07 Å². The fraction of sp³-hybridized carbons (Fsp3) is 0.500. The van der Waals surface area contributed by atoms with Crippen LogP contribution in [0.5, 0.6) is 11.5 Å². The van der Waals surface area contributed by atoms with E-state index in [0.717, 1.165) is 28.8 Å². The Kier molecular flexibility index (Phi) is 11.6. The maximum absolute atomic E-state index is 5.74. The summed E-state index contributed by atoms with van der Waals surface area (Å²) in [6.45, 7) is 7.89. The Hall–Kier alpha value is -1.94. The third-order valence-corrected chi connectivity index (χ3v) is 4.60. The molecule has 0 aliphatic carbocycles. The summed E-state index contributed by atoms with van der Waals surface area (Å²) < 4.78 is 17.0. The Bertz CT molecular complexity index is 766. The molecule has 168 valence electrons. The van der Waals surface area contributed by atoms with Gasteiger partial charge in [0.2, 0.25) is 0 Å². The second kappa shape index (κ2) is 13.4. The largest absolute Gasteiger partial charge is 0.490 e. The Morgan fingerprint density at radius 2 is 1.83 bits per heavy atom. The highest BCUT2D eigenvalue weighted by Crippen LogP contribution is 2.30. The van der Waals surface area contributed by atoms with E-state index in [0.29, 0.717) is 19.8 Å². The molecule has 30 heavy (non-hydrogen) atoms. The molecule has 2 N–H and O–H groups in total. The first kappa shape index (κ1) is 26.1. The third-order valence-electron chi connectivity index (χ3n) is 4.60. The summed E-state index contributed by atoms with van der Waals surface area (Å²) >= 11 is 0. The molecule has 0 saturated carbocycles. The first-order valence-electron chi connectivity index (χ1n) is 10.1. The molecule has 0 amide bonds. The molecule has 8 heteroatoms. The molecule has 1 heterocycles. The van der Waals surface area contributed by atoms with Crippen molar-refractivity contribution >= 4 is 29.9 Å². The summed E-state index contributed by atoms with van der Waals surface area (Å²) in [7, 11) is 5.83. The lowest BCUT2D eigenvalue weighted by molar-refractivity contribution is 0.258. The lowest BCUT2D eigenvalue weighted by Crippen LogP contribution is -2.42. The predicted octanol–water partition coefficient (Wildman–Crippen LogP) is 4.22. The highest BCUT2D eigenvalue weighted by atomic mass is 127. The quantitative estimate of drug-likeness (QED) is 0.272. The van der Waals surface area contributed by atoms with Gasteiger partial charge < -0.3 is 24.5 Å². The van der Waals surface area contributed by atoms with E-state index in [9.17, 15) is 0 Å². The topological polar surface area (TPSA) is 71.3 Å². The Morgan fingerprint density at radius 3 is 2.40 bits per heavy atom. The third kappa shape index (κ3) is 7.39. The van der Waals surface area contributed by atoms with E-state index in [1.807, 2.05) is 58.3 Å². The number of nitrogens with zero attached hydrogens (tertiary/aromatic N) is 2. The summed E-state index contributed by atoms with van der Waals surface area (Å²) in [4.78, 5) is 6.48. The van der Waals surface area contributed by atoms with Gasteiger partial charge in [-0.2, -0.15) is 0 Å². The fourth-order valence-electron chi connectivity index (χ4n) is 3.03. The van der Waals surface area contributed by atoms with Crippen LogP contribution in [0.4, 0.5) is 0 Å². The molecule has 0 aliphatic rings. The minimum Gasteiger partial charge on any atom is -0.490 e. The summed E-state index contributed by atoms with van der Waals surface area (Å²) in [5, 5.41) is 6.83. The van der Waals surface area contributed by atoms with E-state index in [1.54, 1.807) is 13.3 Å². The summed E-state index contributed by atoms with van der Waals surface area (Å²) in [6, 6.07) is 10.1. The first-order valence-corrected chi connectivity index (χ1v) is 10.1. The van der Waals surface area contributed by atoms with E-state index in [1.165, 1.54) is 0 Å². The second-order valence-electron chi connectivity index (χ2n) is 6.89. The zero-order chi connectivity index (χ0) is 21.2. The summed E-state index contributed by atoms with van der Waals surface area (Å²) in [6.07, 6.45) is 1.70. The van der Waals surface area contributed by atoms with E-state index < -0.39 is 0 Å². The number of nitrogens with one attached hydrogen (secondary N) is 2. The zero-order valence-corrected chi connectivity index (χ0v) is 21.1. The first-order chi connectivity index (χ1) is 14.0. The Morgan fingerprint density at radius 1 is 1.13 bits per heavy atom. The van der Waals surface area contributed by atoms with Crippen LogP contribution in [-0.2, 0) is 0 Å². The maximum Gasteiger partial charge on any atom is 0.191 e. The molecule has 1 aromatic heterocycles. The lowest BCUT2D eigenvalue weighted by atomic mass is 10.1. The molecule has 2 atom stereocenters. The number of aliphatic imine (C=N–C) groups is 1. The van der Waals surface area contributed by atoms with Crippen molar-refractivity contribution in [3.63, 3.8) is 0 Å². The van der Waals surface area contributed by atoms with E-state index in [2.05, 4.69) is 27.4 Å². The van der Waals surface area contributed by atoms with Gasteiger partial charge in [0.05, 0.1) is 31.6 Å². The molecule has 0 saturated heterocycles. The summed E-state index contributed by atoms with van der Waals surface area (Å²) in [5.41, 5.74) is 1.09. The van der Waals surface area contributed by atoms with Crippen LogP contribution in [0.25, 0.3) is 0 Å². The van der Waals surface area contributed by atoms with Crippen LogP contribution in [0.2, 0.25) is 0 Å². The van der Waals surface area contributed by atoms with E-state index in [-0.39, 0.29) is 36.1 Å². The molecule has 0 fully saturated rings. The number of benzene rings is 1.